The van der Waals surface area contributed by atoms with Gasteiger partial charge in [-0.2, -0.15) is 0 Å². The maximum Gasteiger partial charge on any atom is 0.245 e. The summed E-state index contributed by atoms with van der Waals surface area (Å²) in [6.07, 6.45) is 0.986. The highest BCUT2D eigenvalue weighted by atomic mass is 16.2. The molecular weight excluding hydrogens is 268 g/mol. The number of amides is 2. The van der Waals surface area contributed by atoms with Gasteiger partial charge in [0.05, 0.1) is 0 Å². The molecular formula is C16H18N2O3. The van der Waals surface area contributed by atoms with Crippen LogP contribution in [0.15, 0.2) is 24.3 Å². The summed E-state index contributed by atoms with van der Waals surface area (Å²) in [5.41, 5.74) is 1.81. The molecule has 2 amide bonds. The topological polar surface area (TPSA) is 69.6 Å². The number of hydrogen-bond donors (Lipinski definition) is 2. The summed E-state index contributed by atoms with van der Waals surface area (Å²) in [5, 5.41) is 11.3. The van der Waals surface area contributed by atoms with Crippen molar-refractivity contribution in [3.05, 3.63) is 35.4 Å². The second-order valence-electron chi connectivity index (χ2n) is 5.01. The van der Waals surface area contributed by atoms with Crippen molar-refractivity contribution in [2.75, 3.05) is 13.7 Å². The van der Waals surface area contributed by atoms with Gasteiger partial charge in [-0.1, -0.05) is 24.0 Å². The Labute approximate surface area is 124 Å². The van der Waals surface area contributed by atoms with E-state index in [0.717, 1.165) is 11.1 Å². The lowest BCUT2D eigenvalue weighted by molar-refractivity contribution is -0.133. The van der Waals surface area contributed by atoms with Gasteiger partial charge in [-0.15, -0.1) is 0 Å². The minimum absolute atomic E-state index is 0.0615. The van der Waals surface area contributed by atoms with E-state index in [9.17, 15) is 9.59 Å². The average molecular weight is 286 g/mol. The number of carbonyl (C=O) groups is 2. The van der Waals surface area contributed by atoms with E-state index in [-0.39, 0.29) is 18.4 Å². The molecule has 1 aliphatic rings. The molecule has 1 saturated heterocycles. The molecule has 2 N–H and O–H groups in total. The van der Waals surface area contributed by atoms with Gasteiger partial charge in [-0.05, 0) is 24.1 Å². The van der Waals surface area contributed by atoms with E-state index < -0.39 is 6.04 Å². The number of hydrogen-bond acceptors (Lipinski definition) is 3. The van der Waals surface area contributed by atoms with Crippen LogP contribution in [-0.2, 0) is 16.1 Å². The van der Waals surface area contributed by atoms with Crippen LogP contribution in [-0.4, -0.2) is 41.5 Å². The Bertz CT molecular complexity index is 584. The SMILES string of the molecule is CN(Cc1ccc(C#CCO)cc1)C(=O)C1CCC(=O)N1. The van der Waals surface area contributed by atoms with Crippen molar-refractivity contribution in [1.29, 1.82) is 0 Å². The zero-order valence-electron chi connectivity index (χ0n) is 11.9. The molecule has 1 unspecified atom stereocenters. The van der Waals surface area contributed by atoms with Crippen molar-refractivity contribution in [3.63, 3.8) is 0 Å². The molecule has 1 aliphatic heterocycles. The molecule has 5 heteroatoms. The second-order valence-corrected chi connectivity index (χ2v) is 5.01. The van der Waals surface area contributed by atoms with Gasteiger partial charge < -0.3 is 15.3 Å². The number of aliphatic hydroxyl groups excluding tert-OH is 1. The quantitative estimate of drug-likeness (QED) is 0.784. The van der Waals surface area contributed by atoms with Crippen LogP contribution in [0.2, 0.25) is 0 Å². The molecule has 1 fully saturated rings. The molecule has 0 saturated carbocycles. The Morgan fingerprint density at radius 2 is 2.14 bits per heavy atom. The molecule has 1 aromatic carbocycles. The Morgan fingerprint density at radius 3 is 2.71 bits per heavy atom. The molecule has 110 valence electrons. The molecule has 0 spiro atoms. The van der Waals surface area contributed by atoms with E-state index >= 15 is 0 Å². The average Bonchev–Trinajstić information content (AvgIpc) is 2.92. The lowest BCUT2D eigenvalue weighted by atomic mass is 10.1. The van der Waals surface area contributed by atoms with Gasteiger partial charge in [-0.25, -0.2) is 0 Å². The van der Waals surface area contributed by atoms with Crippen LogP contribution in [0.1, 0.15) is 24.0 Å². The van der Waals surface area contributed by atoms with E-state index in [4.69, 9.17) is 5.11 Å². The Hall–Kier alpha value is -2.32. The number of benzene rings is 1. The highest BCUT2D eigenvalue weighted by molar-refractivity contribution is 5.90. The predicted octanol–water partition coefficient (Wildman–Crippen LogP) is 0.267. The highest BCUT2D eigenvalue weighted by Crippen LogP contribution is 2.12. The van der Waals surface area contributed by atoms with Crippen LogP contribution in [0.5, 0.6) is 0 Å². The summed E-state index contributed by atoms with van der Waals surface area (Å²) in [6, 6.07) is 7.12. The highest BCUT2D eigenvalue weighted by Gasteiger charge is 2.29. The third-order valence-corrected chi connectivity index (χ3v) is 3.36. The van der Waals surface area contributed by atoms with E-state index in [0.29, 0.717) is 19.4 Å². The third-order valence-electron chi connectivity index (χ3n) is 3.36. The molecule has 1 aromatic rings. The summed E-state index contributed by atoms with van der Waals surface area (Å²) >= 11 is 0. The van der Waals surface area contributed by atoms with E-state index in [1.54, 1.807) is 11.9 Å². The van der Waals surface area contributed by atoms with Crippen molar-refractivity contribution in [2.45, 2.75) is 25.4 Å². The molecule has 0 aromatic heterocycles. The fraction of sp³-hybridized carbons (Fsp3) is 0.375. The molecule has 5 nitrogen and oxygen atoms in total. The lowest BCUT2D eigenvalue weighted by Crippen LogP contribution is -2.42. The maximum atomic E-state index is 12.2. The molecule has 0 aliphatic carbocycles. The number of nitrogens with zero attached hydrogens (tertiary/aromatic N) is 1. The summed E-state index contributed by atoms with van der Waals surface area (Å²) in [4.78, 5) is 24.9. The zero-order valence-corrected chi connectivity index (χ0v) is 11.9. The number of nitrogens with one attached hydrogen (secondary N) is 1. The van der Waals surface area contributed by atoms with E-state index in [1.807, 2.05) is 24.3 Å². The van der Waals surface area contributed by atoms with Gasteiger partial charge in [0.2, 0.25) is 11.8 Å². The molecule has 1 heterocycles. The number of likely N-dealkylation sites (N-methyl/N-ethyl adjacent to an activating group) is 1. The fourth-order valence-corrected chi connectivity index (χ4v) is 2.25. The van der Waals surface area contributed by atoms with Crippen molar-refractivity contribution in [1.82, 2.24) is 10.2 Å². The molecule has 21 heavy (non-hydrogen) atoms. The molecule has 0 radical (unpaired) electrons. The maximum absolute atomic E-state index is 12.2. The van der Waals surface area contributed by atoms with E-state index in [2.05, 4.69) is 17.2 Å². The van der Waals surface area contributed by atoms with Crippen LogP contribution in [0.25, 0.3) is 0 Å². The summed E-state index contributed by atoms with van der Waals surface area (Å²) in [7, 11) is 1.73. The van der Waals surface area contributed by atoms with Crippen molar-refractivity contribution in [2.24, 2.45) is 0 Å². The smallest absolute Gasteiger partial charge is 0.245 e. The normalized spacial score (nSPS) is 16.9. The Balaban J connectivity index is 1.94. The first-order chi connectivity index (χ1) is 10.1. The van der Waals surface area contributed by atoms with Crippen LogP contribution >= 0.6 is 0 Å². The molecule has 0 bridgehead atoms. The molecule has 1 atom stereocenters. The Morgan fingerprint density at radius 1 is 1.43 bits per heavy atom. The predicted molar refractivity (Wildman–Crippen MR) is 78.0 cm³/mol. The summed E-state index contributed by atoms with van der Waals surface area (Å²) < 4.78 is 0. The fourth-order valence-electron chi connectivity index (χ4n) is 2.25. The summed E-state index contributed by atoms with van der Waals surface area (Å²) in [6.45, 7) is 0.324. The largest absolute Gasteiger partial charge is 0.384 e. The van der Waals surface area contributed by atoms with Crippen LogP contribution in [0.4, 0.5) is 0 Å². The van der Waals surface area contributed by atoms with Gasteiger partial charge in [0.15, 0.2) is 0 Å². The van der Waals surface area contributed by atoms with Gasteiger partial charge in [0.1, 0.15) is 12.6 Å². The lowest BCUT2D eigenvalue weighted by Gasteiger charge is -2.21. The molecule has 2 rings (SSSR count). The Kier molecular flexibility index (Phi) is 4.96. The zero-order chi connectivity index (χ0) is 15.2. The monoisotopic (exact) mass is 286 g/mol. The third kappa shape index (κ3) is 4.07. The van der Waals surface area contributed by atoms with Gasteiger partial charge in [0, 0.05) is 25.6 Å². The number of rotatable bonds is 3. The van der Waals surface area contributed by atoms with Crippen LogP contribution in [0.3, 0.4) is 0 Å². The van der Waals surface area contributed by atoms with Crippen LogP contribution in [0, 0.1) is 11.8 Å². The second kappa shape index (κ2) is 6.91. The minimum atomic E-state index is -0.391. The minimum Gasteiger partial charge on any atom is -0.384 e. The van der Waals surface area contributed by atoms with Crippen LogP contribution < -0.4 is 5.32 Å². The number of aliphatic hydroxyl groups is 1. The van der Waals surface area contributed by atoms with Gasteiger partial charge >= 0.3 is 0 Å². The summed E-state index contributed by atoms with van der Waals surface area (Å²) in [5.74, 6) is 5.28. The van der Waals surface area contributed by atoms with Crippen molar-refractivity contribution >= 4 is 11.8 Å². The standard InChI is InChI=1S/C16H18N2O3/c1-18(16(21)14-8-9-15(20)17-14)11-13-6-4-12(5-7-13)3-2-10-19/h4-7,14,19H,8-11H2,1H3,(H,17,20). The van der Waals surface area contributed by atoms with Crippen molar-refractivity contribution < 1.29 is 14.7 Å². The first-order valence-electron chi connectivity index (χ1n) is 6.83. The van der Waals surface area contributed by atoms with E-state index in [1.165, 1.54) is 0 Å². The number of carbonyl (C=O) groups excluding carboxylic acids is 2. The van der Waals surface area contributed by atoms with Crippen molar-refractivity contribution in [3.8, 4) is 11.8 Å². The first kappa shape index (κ1) is 15.1. The van der Waals surface area contributed by atoms with Gasteiger partial charge in [-0.3, -0.25) is 9.59 Å². The first-order valence-corrected chi connectivity index (χ1v) is 6.83. The van der Waals surface area contributed by atoms with Gasteiger partial charge in [0.25, 0.3) is 0 Å².